The lowest BCUT2D eigenvalue weighted by atomic mass is 10.1. The van der Waals surface area contributed by atoms with Gasteiger partial charge in [0.25, 0.3) is 0 Å². The standard InChI is InChI=1S/C14H16F3N3O.ClH/c15-14(16,17)8-20-9-19(7-12(20)21)6-11-3-1-2-10-4-5-18-13(10)11;/h1-3,18H,4-9H2;1H. The van der Waals surface area contributed by atoms with Crippen LogP contribution in [-0.2, 0) is 17.8 Å². The molecule has 1 fully saturated rings. The fraction of sp³-hybridized carbons (Fsp3) is 0.500. The zero-order valence-electron chi connectivity index (χ0n) is 11.8. The van der Waals surface area contributed by atoms with Crippen LogP contribution in [0.2, 0.25) is 0 Å². The number of amides is 1. The zero-order chi connectivity index (χ0) is 15.0. The van der Waals surface area contributed by atoms with E-state index in [0.29, 0.717) is 6.54 Å². The van der Waals surface area contributed by atoms with E-state index in [1.54, 1.807) is 4.90 Å². The van der Waals surface area contributed by atoms with E-state index in [1.165, 1.54) is 5.56 Å². The van der Waals surface area contributed by atoms with E-state index >= 15 is 0 Å². The number of alkyl halides is 3. The van der Waals surface area contributed by atoms with Crippen LogP contribution in [0.4, 0.5) is 18.9 Å². The van der Waals surface area contributed by atoms with Crippen molar-refractivity contribution in [3.8, 4) is 0 Å². The Labute approximate surface area is 132 Å². The van der Waals surface area contributed by atoms with Crippen LogP contribution in [0.1, 0.15) is 11.1 Å². The van der Waals surface area contributed by atoms with Crippen molar-refractivity contribution in [3.05, 3.63) is 29.3 Å². The second kappa shape index (κ2) is 6.34. The number of halogens is 4. The third kappa shape index (κ3) is 3.64. The topological polar surface area (TPSA) is 35.6 Å². The van der Waals surface area contributed by atoms with Gasteiger partial charge >= 0.3 is 6.18 Å². The fourth-order valence-corrected chi connectivity index (χ4v) is 2.91. The summed E-state index contributed by atoms with van der Waals surface area (Å²) in [4.78, 5) is 14.3. The Kier molecular flexibility index (Phi) is 4.87. The van der Waals surface area contributed by atoms with Crippen molar-refractivity contribution < 1.29 is 18.0 Å². The van der Waals surface area contributed by atoms with Gasteiger partial charge in [0.05, 0.1) is 13.2 Å². The molecule has 122 valence electrons. The van der Waals surface area contributed by atoms with Gasteiger partial charge in [-0.15, -0.1) is 12.4 Å². The number of hydrogen-bond donors (Lipinski definition) is 1. The maximum absolute atomic E-state index is 12.4. The molecule has 1 amide bonds. The van der Waals surface area contributed by atoms with E-state index in [4.69, 9.17) is 0 Å². The molecule has 0 atom stereocenters. The maximum Gasteiger partial charge on any atom is 0.406 e. The summed E-state index contributed by atoms with van der Waals surface area (Å²) >= 11 is 0. The van der Waals surface area contributed by atoms with Crippen molar-refractivity contribution >= 4 is 24.0 Å². The van der Waals surface area contributed by atoms with E-state index in [9.17, 15) is 18.0 Å². The van der Waals surface area contributed by atoms with Crippen LogP contribution >= 0.6 is 12.4 Å². The SMILES string of the molecule is Cl.O=C1CN(Cc2cccc3c2NCC3)CN1CC(F)(F)F. The summed E-state index contributed by atoms with van der Waals surface area (Å²) in [6.45, 7) is 0.261. The molecular weight excluding hydrogens is 319 g/mol. The molecule has 0 bridgehead atoms. The molecule has 0 aliphatic carbocycles. The van der Waals surface area contributed by atoms with Gasteiger partial charge in [-0.3, -0.25) is 9.69 Å². The molecule has 4 nitrogen and oxygen atoms in total. The Bertz CT molecular complexity index is 565. The lowest BCUT2D eigenvalue weighted by Gasteiger charge is -2.20. The van der Waals surface area contributed by atoms with Gasteiger partial charge in [0.1, 0.15) is 6.54 Å². The van der Waals surface area contributed by atoms with Crippen LogP contribution in [0.15, 0.2) is 18.2 Å². The van der Waals surface area contributed by atoms with E-state index in [2.05, 4.69) is 5.32 Å². The first kappa shape index (κ1) is 16.9. The molecular formula is C14H17ClF3N3O. The normalized spacial score (nSPS) is 18.1. The lowest BCUT2D eigenvalue weighted by molar-refractivity contribution is -0.157. The zero-order valence-corrected chi connectivity index (χ0v) is 12.6. The van der Waals surface area contributed by atoms with Crippen LogP contribution in [-0.4, -0.2) is 48.2 Å². The van der Waals surface area contributed by atoms with Gasteiger partial charge in [-0.25, -0.2) is 0 Å². The first-order valence-electron chi connectivity index (χ1n) is 6.84. The van der Waals surface area contributed by atoms with Crippen molar-refractivity contribution in [2.24, 2.45) is 0 Å². The van der Waals surface area contributed by atoms with Crippen molar-refractivity contribution in [1.29, 1.82) is 0 Å². The number of carbonyl (C=O) groups is 1. The highest BCUT2D eigenvalue weighted by Gasteiger charge is 2.37. The Balaban J connectivity index is 0.00000176. The monoisotopic (exact) mass is 335 g/mol. The Morgan fingerprint density at radius 2 is 2.05 bits per heavy atom. The van der Waals surface area contributed by atoms with E-state index in [0.717, 1.165) is 29.1 Å². The molecule has 8 heteroatoms. The molecule has 1 aromatic rings. The number of nitrogens with one attached hydrogen (secondary N) is 1. The van der Waals surface area contributed by atoms with Gasteiger partial charge < -0.3 is 10.2 Å². The average Bonchev–Trinajstić information content (AvgIpc) is 2.96. The van der Waals surface area contributed by atoms with Crippen molar-refractivity contribution in [1.82, 2.24) is 9.80 Å². The first-order chi connectivity index (χ1) is 9.92. The van der Waals surface area contributed by atoms with Gasteiger partial charge in [0.15, 0.2) is 0 Å². The fourth-order valence-electron chi connectivity index (χ4n) is 2.91. The summed E-state index contributed by atoms with van der Waals surface area (Å²) in [6.07, 6.45) is -3.39. The number of benzene rings is 1. The number of para-hydroxylation sites is 1. The number of fused-ring (bicyclic) bond motifs is 1. The summed E-state index contributed by atoms with van der Waals surface area (Å²) < 4.78 is 37.2. The summed E-state index contributed by atoms with van der Waals surface area (Å²) in [5.74, 6) is -0.465. The van der Waals surface area contributed by atoms with Crippen molar-refractivity contribution in [3.63, 3.8) is 0 Å². The Morgan fingerprint density at radius 3 is 2.77 bits per heavy atom. The van der Waals surface area contributed by atoms with E-state index < -0.39 is 18.6 Å². The summed E-state index contributed by atoms with van der Waals surface area (Å²) in [7, 11) is 0. The number of carbonyl (C=O) groups excluding carboxylic acids is 1. The largest absolute Gasteiger partial charge is 0.406 e. The molecule has 1 saturated heterocycles. The van der Waals surface area contributed by atoms with Gasteiger partial charge in [0, 0.05) is 18.8 Å². The Hall–Kier alpha value is -1.47. The molecule has 0 saturated carbocycles. The lowest BCUT2D eigenvalue weighted by Crippen LogP contribution is -2.36. The second-order valence-corrected chi connectivity index (χ2v) is 5.46. The molecule has 0 radical (unpaired) electrons. The van der Waals surface area contributed by atoms with E-state index in [-0.39, 0.29) is 25.6 Å². The molecule has 2 aliphatic rings. The number of rotatable bonds is 3. The molecule has 0 spiro atoms. The summed E-state index contributed by atoms with van der Waals surface area (Å²) in [5, 5.41) is 3.30. The van der Waals surface area contributed by atoms with Crippen LogP contribution in [0, 0.1) is 0 Å². The minimum Gasteiger partial charge on any atom is -0.384 e. The molecule has 2 aliphatic heterocycles. The van der Waals surface area contributed by atoms with Crippen LogP contribution in [0.5, 0.6) is 0 Å². The van der Waals surface area contributed by atoms with Crippen molar-refractivity contribution in [2.45, 2.75) is 19.1 Å². The molecule has 3 rings (SSSR count). The maximum atomic E-state index is 12.4. The smallest absolute Gasteiger partial charge is 0.384 e. The first-order valence-corrected chi connectivity index (χ1v) is 6.84. The summed E-state index contributed by atoms with van der Waals surface area (Å²) in [5.41, 5.74) is 3.33. The van der Waals surface area contributed by atoms with Crippen LogP contribution in [0.3, 0.4) is 0 Å². The van der Waals surface area contributed by atoms with Gasteiger partial charge in [-0.1, -0.05) is 18.2 Å². The Morgan fingerprint density at radius 1 is 1.27 bits per heavy atom. The van der Waals surface area contributed by atoms with Gasteiger partial charge in [-0.05, 0) is 17.5 Å². The quantitative estimate of drug-likeness (QED) is 0.920. The average molecular weight is 336 g/mol. The van der Waals surface area contributed by atoms with Gasteiger partial charge in [-0.2, -0.15) is 13.2 Å². The number of anilines is 1. The minimum absolute atomic E-state index is 0. The molecule has 1 N–H and O–H groups in total. The molecule has 0 aromatic heterocycles. The number of hydrogen-bond acceptors (Lipinski definition) is 3. The minimum atomic E-state index is -4.35. The predicted octanol–water partition coefficient (Wildman–Crippen LogP) is 2.24. The van der Waals surface area contributed by atoms with Crippen molar-refractivity contribution in [2.75, 3.05) is 31.6 Å². The third-order valence-electron chi connectivity index (χ3n) is 3.78. The van der Waals surface area contributed by atoms with Gasteiger partial charge in [0.2, 0.25) is 5.91 Å². The van der Waals surface area contributed by atoms with E-state index in [1.807, 2.05) is 18.2 Å². The molecule has 22 heavy (non-hydrogen) atoms. The molecule has 0 unspecified atom stereocenters. The second-order valence-electron chi connectivity index (χ2n) is 5.46. The van der Waals surface area contributed by atoms with Crippen LogP contribution in [0.25, 0.3) is 0 Å². The molecule has 2 heterocycles. The third-order valence-corrected chi connectivity index (χ3v) is 3.78. The predicted molar refractivity (Wildman–Crippen MR) is 78.9 cm³/mol. The highest BCUT2D eigenvalue weighted by atomic mass is 35.5. The molecule has 1 aromatic carbocycles. The highest BCUT2D eigenvalue weighted by Crippen LogP contribution is 2.28. The van der Waals surface area contributed by atoms with Crippen LogP contribution < -0.4 is 5.32 Å². The number of nitrogens with zero attached hydrogens (tertiary/aromatic N) is 2. The highest BCUT2D eigenvalue weighted by molar-refractivity contribution is 5.85. The summed E-state index contributed by atoms with van der Waals surface area (Å²) in [6, 6.07) is 5.95.